The van der Waals surface area contributed by atoms with Crippen LogP contribution in [0.15, 0.2) is 15.9 Å². The third-order valence-electron chi connectivity index (χ3n) is 1.92. The largest absolute Gasteiger partial charge is 0.382 e. The topological polar surface area (TPSA) is 44.5 Å². The Hall–Kier alpha value is 0.0600. The number of halogens is 1. The number of ether oxygens (including phenoxy) is 2. The van der Waals surface area contributed by atoms with Crippen LogP contribution >= 0.6 is 27.3 Å². The van der Waals surface area contributed by atoms with E-state index in [2.05, 4.69) is 15.9 Å². The number of rotatable bonds is 6. The van der Waals surface area contributed by atoms with Gasteiger partial charge in [-0.05, 0) is 28.9 Å². The summed E-state index contributed by atoms with van der Waals surface area (Å²) in [5.74, 6) is 0. The fourth-order valence-electron chi connectivity index (χ4n) is 1.29. The van der Waals surface area contributed by atoms with E-state index >= 15 is 0 Å². The number of methoxy groups -OCH3 is 1. The second kappa shape index (κ2) is 6.60. The van der Waals surface area contributed by atoms with E-state index in [0.29, 0.717) is 13.2 Å². The van der Waals surface area contributed by atoms with Crippen LogP contribution in [-0.2, 0) is 9.47 Å². The molecule has 2 atom stereocenters. The predicted octanol–water partition coefficient (Wildman–Crippen LogP) is 2.56. The normalized spacial score (nSPS) is 15.2. The van der Waals surface area contributed by atoms with Crippen molar-refractivity contribution in [1.82, 2.24) is 0 Å². The molecule has 15 heavy (non-hydrogen) atoms. The van der Waals surface area contributed by atoms with Gasteiger partial charge in [0.25, 0.3) is 0 Å². The third-order valence-corrected chi connectivity index (χ3v) is 3.70. The van der Waals surface area contributed by atoms with E-state index in [4.69, 9.17) is 15.2 Å². The van der Waals surface area contributed by atoms with Crippen molar-refractivity contribution in [2.24, 2.45) is 5.73 Å². The minimum Gasteiger partial charge on any atom is -0.382 e. The van der Waals surface area contributed by atoms with Gasteiger partial charge in [0.1, 0.15) is 6.10 Å². The summed E-state index contributed by atoms with van der Waals surface area (Å²) in [6.07, 6.45) is 0.0240. The van der Waals surface area contributed by atoms with E-state index in [1.54, 1.807) is 18.4 Å². The van der Waals surface area contributed by atoms with Gasteiger partial charge in [0.05, 0.1) is 12.7 Å². The third kappa shape index (κ3) is 4.20. The molecule has 1 rings (SSSR count). The van der Waals surface area contributed by atoms with Crippen LogP contribution in [0.4, 0.5) is 0 Å². The maximum Gasteiger partial charge on any atom is 0.104 e. The summed E-state index contributed by atoms with van der Waals surface area (Å²) in [6.45, 7) is 3.05. The van der Waals surface area contributed by atoms with Crippen LogP contribution in [0.2, 0.25) is 0 Å². The van der Waals surface area contributed by atoms with Gasteiger partial charge in [-0.15, -0.1) is 11.3 Å². The molecule has 0 aliphatic heterocycles. The van der Waals surface area contributed by atoms with Gasteiger partial charge in [-0.25, -0.2) is 0 Å². The lowest BCUT2D eigenvalue weighted by atomic mass is 10.3. The molecule has 1 aromatic heterocycles. The van der Waals surface area contributed by atoms with Crippen LogP contribution in [0.25, 0.3) is 0 Å². The maximum atomic E-state index is 5.78. The van der Waals surface area contributed by atoms with Gasteiger partial charge >= 0.3 is 0 Å². The van der Waals surface area contributed by atoms with Gasteiger partial charge in [0.15, 0.2) is 0 Å². The summed E-state index contributed by atoms with van der Waals surface area (Å²) in [6, 6.07) is 2.04. The highest BCUT2D eigenvalue weighted by Crippen LogP contribution is 2.28. The first-order valence-corrected chi connectivity index (χ1v) is 6.43. The molecule has 0 saturated carbocycles. The SMILES string of the molecule is COCC(C)OC(CN)c1cc(Br)cs1. The summed E-state index contributed by atoms with van der Waals surface area (Å²) < 4.78 is 11.9. The Balaban J connectivity index is 2.56. The second-order valence-electron chi connectivity index (χ2n) is 3.29. The number of hydrogen-bond donors (Lipinski definition) is 1. The zero-order valence-electron chi connectivity index (χ0n) is 8.90. The minimum absolute atomic E-state index is 0.0357. The van der Waals surface area contributed by atoms with Gasteiger partial charge in [-0.3, -0.25) is 0 Å². The number of hydrogen-bond acceptors (Lipinski definition) is 4. The van der Waals surface area contributed by atoms with Gasteiger partial charge in [-0.2, -0.15) is 0 Å². The van der Waals surface area contributed by atoms with E-state index < -0.39 is 0 Å². The molecule has 3 nitrogen and oxygen atoms in total. The maximum absolute atomic E-state index is 5.78. The lowest BCUT2D eigenvalue weighted by Crippen LogP contribution is -2.23. The summed E-state index contributed by atoms with van der Waals surface area (Å²) in [7, 11) is 1.67. The molecule has 86 valence electrons. The van der Waals surface area contributed by atoms with E-state index in [9.17, 15) is 0 Å². The lowest BCUT2D eigenvalue weighted by molar-refractivity contribution is -0.0348. The predicted molar refractivity (Wildman–Crippen MR) is 66.2 cm³/mol. The Morgan fingerprint density at radius 3 is 2.80 bits per heavy atom. The fourth-order valence-corrected chi connectivity index (χ4v) is 2.78. The average molecular weight is 294 g/mol. The van der Waals surface area contributed by atoms with Crippen LogP contribution in [0.1, 0.15) is 17.9 Å². The summed E-state index contributed by atoms with van der Waals surface area (Å²) in [5, 5.41) is 2.03. The Labute approximate surface area is 103 Å². The molecule has 0 fully saturated rings. The van der Waals surface area contributed by atoms with Gasteiger partial charge < -0.3 is 15.2 Å². The standard InChI is InChI=1S/C10H16BrNO2S/c1-7(5-13-2)14-9(4-12)10-3-8(11)6-15-10/h3,6-7,9H,4-5,12H2,1-2H3. The molecular formula is C10H16BrNO2S. The first-order chi connectivity index (χ1) is 7.17. The van der Waals surface area contributed by atoms with Crippen LogP contribution in [0, 0.1) is 0 Å². The molecule has 0 bridgehead atoms. The molecule has 0 aliphatic rings. The summed E-state index contributed by atoms with van der Waals surface area (Å²) in [4.78, 5) is 1.15. The van der Waals surface area contributed by atoms with Gasteiger partial charge in [0, 0.05) is 28.4 Å². The first-order valence-electron chi connectivity index (χ1n) is 4.75. The Morgan fingerprint density at radius 2 is 2.33 bits per heavy atom. The Morgan fingerprint density at radius 1 is 1.60 bits per heavy atom. The van der Waals surface area contributed by atoms with E-state index in [1.165, 1.54) is 0 Å². The van der Waals surface area contributed by atoms with Crippen molar-refractivity contribution in [3.8, 4) is 0 Å². The van der Waals surface area contributed by atoms with E-state index in [-0.39, 0.29) is 12.2 Å². The molecule has 0 radical (unpaired) electrons. The van der Waals surface area contributed by atoms with Crippen molar-refractivity contribution >= 4 is 27.3 Å². The van der Waals surface area contributed by atoms with Crippen molar-refractivity contribution in [2.45, 2.75) is 19.1 Å². The van der Waals surface area contributed by atoms with E-state index in [1.807, 2.05) is 18.4 Å². The number of nitrogens with two attached hydrogens (primary N) is 1. The quantitative estimate of drug-likeness (QED) is 0.877. The van der Waals surface area contributed by atoms with Gasteiger partial charge in [0.2, 0.25) is 0 Å². The molecule has 1 aromatic rings. The molecule has 0 saturated heterocycles. The molecule has 0 aliphatic carbocycles. The highest BCUT2D eigenvalue weighted by atomic mass is 79.9. The highest BCUT2D eigenvalue weighted by Gasteiger charge is 2.15. The van der Waals surface area contributed by atoms with Crippen LogP contribution < -0.4 is 5.73 Å². The molecule has 0 amide bonds. The molecule has 0 spiro atoms. The van der Waals surface area contributed by atoms with Gasteiger partial charge in [-0.1, -0.05) is 0 Å². The van der Waals surface area contributed by atoms with Crippen LogP contribution in [0.3, 0.4) is 0 Å². The molecule has 5 heteroatoms. The smallest absolute Gasteiger partial charge is 0.104 e. The molecule has 2 unspecified atom stereocenters. The molecular weight excluding hydrogens is 278 g/mol. The molecule has 2 N–H and O–H groups in total. The first kappa shape index (κ1) is 13.1. The fraction of sp³-hybridized carbons (Fsp3) is 0.600. The van der Waals surface area contributed by atoms with E-state index in [0.717, 1.165) is 9.35 Å². The Kier molecular flexibility index (Phi) is 5.78. The molecule has 1 heterocycles. The van der Waals surface area contributed by atoms with Crippen LogP contribution in [-0.4, -0.2) is 26.4 Å². The number of thiophene rings is 1. The second-order valence-corrected chi connectivity index (χ2v) is 5.15. The zero-order valence-corrected chi connectivity index (χ0v) is 11.3. The zero-order chi connectivity index (χ0) is 11.3. The average Bonchev–Trinajstić information content (AvgIpc) is 2.61. The minimum atomic E-state index is -0.0357. The van der Waals surface area contributed by atoms with Crippen molar-refractivity contribution < 1.29 is 9.47 Å². The monoisotopic (exact) mass is 293 g/mol. The summed E-state index contributed by atoms with van der Waals surface area (Å²) in [5.41, 5.74) is 5.68. The summed E-state index contributed by atoms with van der Waals surface area (Å²) >= 11 is 5.07. The van der Waals surface area contributed by atoms with Crippen molar-refractivity contribution in [2.75, 3.05) is 20.3 Å². The lowest BCUT2D eigenvalue weighted by Gasteiger charge is -2.19. The van der Waals surface area contributed by atoms with Crippen molar-refractivity contribution in [3.05, 3.63) is 20.8 Å². The van der Waals surface area contributed by atoms with Crippen LogP contribution in [0.5, 0.6) is 0 Å². The Bertz CT molecular complexity index is 293. The highest BCUT2D eigenvalue weighted by molar-refractivity contribution is 9.10. The van der Waals surface area contributed by atoms with Crippen molar-refractivity contribution in [3.63, 3.8) is 0 Å². The van der Waals surface area contributed by atoms with Crippen molar-refractivity contribution in [1.29, 1.82) is 0 Å². The molecule has 0 aromatic carbocycles.